The minimum atomic E-state index is -0.559. The second-order valence-electron chi connectivity index (χ2n) is 8.90. The van der Waals surface area contributed by atoms with Crippen molar-refractivity contribution in [1.82, 2.24) is 10.6 Å². The maximum atomic E-state index is 12.1. The molecule has 172 valence electrons. The van der Waals surface area contributed by atoms with Crippen molar-refractivity contribution in [2.45, 2.75) is 118 Å². The third-order valence-electron chi connectivity index (χ3n) is 4.85. The van der Waals surface area contributed by atoms with E-state index in [1.54, 1.807) is 0 Å². The van der Waals surface area contributed by atoms with Crippen LogP contribution in [-0.2, 0) is 9.47 Å². The zero-order valence-electron chi connectivity index (χ0n) is 19.6. The van der Waals surface area contributed by atoms with E-state index in [9.17, 15) is 9.59 Å². The highest BCUT2D eigenvalue weighted by Crippen LogP contribution is 2.17. The summed E-state index contributed by atoms with van der Waals surface area (Å²) in [7, 11) is 0. The fraction of sp³-hybridized carbons (Fsp3) is 0.913. The normalized spacial score (nSPS) is 11.4. The predicted octanol–water partition coefficient (Wildman–Crippen LogP) is 6.53. The highest BCUT2D eigenvalue weighted by molar-refractivity contribution is 5.71. The average molecular weight is 415 g/mol. The van der Waals surface area contributed by atoms with E-state index in [-0.39, 0.29) is 5.41 Å². The maximum Gasteiger partial charge on any atom is 0.408 e. The number of rotatable bonds is 16. The summed E-state index contributed by atoms with van der Waals surface area (Å²) in [6.07, 6.45) is 12.1. The van der Waals surface area contributed by atoms with Gasteiger partial charge in [-0.2, -0.15) is 0 Å². The van der Waals surface area contributed by atoms with Crippen LogP contribution in [0.1, 0.15) is 112 Å². The van der Waals surface area contributed by atoms with Crippen molar-refractivity contribution in [3.8, 4) is 0 Å². The molecule has 0 unspecified atom stereocenters. The molecule has 0 saturated heterocycles. The van der Waals surface area contributed by atoms with E-state index >= 15 is 0 Å². The van der Waals surface area contributed by atoms with Gasteiger partial charge in [-0.15, -0.1) is 0 Å². The number of ether oxygens (including phenoxy) is 2. The molecule has 2 N–H and O–H groups in total. The highest BCUT2D eigenvalue weighted by Gasteiger charge is 2.28. The summed E-state index contributed by atoms with van der Waals surface area (Å²) in [6.45, 7) is 11.0. The molecule has 0 saturated carbocycles. The number of carbonyl (C=O) groups excluding carboxylic acids is 2. The Morgan fingerprint density at radius 2 is 1.00 bits per heavy atom. The van der Waals surface area contributed by atoms with Crippen molar-refractivity contribution in [3.05, 3.63) is 0 Å². The van der Waals surface area contributed by atoms with Gasteiger partial charge in [-0.1, -0.05) is 98.8 Å². The molecule has 6 heteroatoms. The molecular formula is C23H46N2O4. The topological polar surface area (TPSA) is 76.7 Å². The quantitative estimate of drug-likeness (QED) is 0.222. The molecule has 0 aromatic rings. The number of hydrogen-bond acceptors (Lipinski definition) is 4. The molecule has 0 aliphatic rings. The molecule has 2 amide bonds. The molecule has 0 bridgehead atoms. The number of hydrogen-bond donors (Lipinski definition) is 2. The van der Waals surface area contributed by atoms with Crippen LogP contribution in [-0.4, -0.2) is 31.6 Å². The minimum Gasteiger partial charge on any atom is -0.450 e. The zero-order valence-corrected chi connectivity index (χ0v) is 19.6. The Kier molecular flexibility index (Phi) is 16.5. The van der Waals surface area contributed by atoms with Crippen molar-refractivity contribution in [3.63, 3.8) is 0 Å². The van der Waals surface area contributed by atoms with E-state index in [0.717, 1.165) is 25.7 Å². The molecule has 0 aromatic heterocycles. The highest BCUT2D eigenvalue weighted by atomic mass is 16.6. The Morgan fingerprint density at radius 3 is 1.34 bits per heavy atom. The number of amides is 2. The Bertz CT molecular complexity index is 390. The van der Waals surface area contributed by atoms with E-state index in [0.29, 0.717) is 13.2 Å². The summed E-state index contributed by atoms with van der Waals surface area (Å²) in [5.74, 6) is 0. The molecule has 0 rings (SSSR count). The van der Waals surface area contributed by atoms with Gasteiger partial charge in [-0.05, 0) is 12.8 Å². The number of unbranched alkanes of at least 4 members (excludes halogenated alkanes) is 10. The second-order valence-corrected chi connectivity index (χ2v) is 8.90. The van der Waals surface area contributed by atoms with Gasteiger partial charge in [-0.3, -0.25) is 0 Å². The predicted molar refractivity (Wildman–Crippen MR) is 119 cm³/mol. The molecule has 0 aliphatic carbocycles. The lowest BCUT2D eigenvalue weighted by Crippen LogP contribution is -2.55. The smallest absolute Gasteiger partial charge is 0.408 e. The first-order valence-corrected chi connectivity index (χ1v) is 11.7. The van der Waals surface area contributed by atoms with Crippen LogP contribution in [0, 0.1) is 5.41 Å². The van der Waals surface area contributed by atoms with Gasteiger partial charge < -0.3 is 20.1 Å². The van der Waals surface area contributed by atoms with Crippen LogP contribution < -0.4 is 10.6 Å². The molecule has 0 aromatic carbocycles. The Labute approximate surface area is 178 Å². The molecular weight excluding hydrogens is 368 g/mol. The maximum absolute atomic E-state index is 12.1. The van der Waals surface area contributed by atoms with Gasteiger partial charge in [0.05, 0.1) is 13.2 Å². The van der Waals surface area contributed by atoms with E-state index in [4.69, 9.17) is 9.47 Å². The van der Waals surface area contributed by atoms with Crippen molar-refractivity contribution in [2.24, 2.45) is 5.41 Å². The van der Waals surface area contributed by atoms with E-state index in [1.165, 1.54) is 51.4 Å². The van der Waals surface area contributed by atoms with Crippen molar-refractivity contribution in [1.29, 1.82) is 0 Å². The SMILES string of the molecule is CCCCCCCCOC(=O)NC(NC(=O)OCCCCCCCC)C(C)(C)C. The van der Waals surface area contributed by atoms with Crippen molar-refractivity contribution >= 4 is 12.2 Å². The Morgan fingerprint density at radius 1 is 0.655 bits per heavy atom. The van der Waals surface area contributed by atoms with Crippen LogP contribution >= 0.6 is 0 Å². The zero-order chi connectivity index (χ0) is 22.0. The fourth-order valence-electron chi connectivity index (χ4n) is 2.88. The summed E-state index contributed by atoms with van der Waals surface area (Å²) in [5, 5.41) is 5.50. The molecule has 29 heavy (non-hydrogen) atoms. The van der Waals surface area contributed by atoms with Crippen LogP contribution in [0.2, 0.25) is 0 Å². The van der Waals surface area contributed by atoms with Crippen LogP contribution in [0.25, 0.3) is 0 Å². The lowest BCUT2D eigenvalue weighted by Gasteiger charge is -2.31. The largest absolute Gasteiger partial charge is 0.450 e. The Hall–Kier alpha value is -1.46. The van der Waals surface area contributed by atoms with Crippen LogP contribution in [0.3, 0.4) is 0 Å². The van der Waals surface area contributed by atoms with Gasteiger partial charge in [0.15, 0.2) is 0 Å². The molecule has 0 atom stereocenters. The van der Waals surface area contributed by atoms with Gasteiger partial charge in [0.25, 0.3) is 0 Å². The Balaban J connectivity index is 4.06. The van der Waals surface area contributed by atoms with Crippen molar-refractivity contribution in [2.75, 3.05) is 13.2 Å². The number of nitrogens with one attached hydrogen (secondary N) is 2. The van der Waals surface area contributed by atoms with Gasteiger partial charge in [0.2, 0.25) is 0 Å². The first-order chi connectivity index (χ1) is 13.8. The van der Waals surface area contributed by atoms with Crippen LogP contribution in [0.5, 0.6) is 0 Å². The summed E-state index contributed by atoms with van der Waals surface area (Å²) in [5.41, 5.74) is -0.363. The fourth-order valence-corrected chi connectivity index (χ4v) is 2.88. The lowest BCUT2D eigenvalue weighted by molar-refractivity contribution is 0.109. The van der Waals surface area contributed by atoms with E-state index in [2.05, 4.69) is 24.5 Å². The lowest BCUT2D eigenvalue weighted by atomic mass is 9.92. The second kappa shape index (κ2) is 17.4. The number of carbonyl (C=O) groups is 2. The standard InChI is InChI=1S/C23H46N2O4/c1-6-8-10-12-14-16-18-28-21(26)24-20(23(3,4)5)25-22(27)29-19-17-15-13-11-9-7-2/h20H,6-19H2,1-5H3,(H,24,26)(H,25,27). The van der Waals surface area contributed by atoms with E-state index < -0.39 is 18.4 Å². The number of alkyl carbamates (subject to hydrolysis) is 2. The summed E-state index contributed by atoms with van der Waals surface area (Å²) in [6, 6.07) is 0. The minimum absolute atomic E-state index is 0.363. The van der Waals surface area contributed by atoms with Crippen LogP contribution in [0.15, 0.2) is 0 Å². The molecule has 0 heterocycles. The average Bonchev–Trinajstić information content (AvgIpc) is 2.65. The molecule has 6 nitrogen and oxygen atoms in total. The third-order valence-corrected chi connectivity index (χ3v) is 4.85. The molecule has 0 aliphatic heterocycles. The molecule has 0 spiro atoms. The summed E-state index contributed by atoms with van der Waals surface area (Å²) >= 11 is 0. The molecule has 0 fully saturated rings. The summed E-state index contributed by atoms with van der Waals surface area (Å²) in [4.78, 5) is 24.2. The first-order valence-electron chi connectivity index (χ1n) is 11.7. The van der Waals surface area contributed by atoms with Crippen molar-refractivity contribution < 1.29 is 19.1 Å². The molecule has 0 radical (unpaired) electrons. The van der Waals surface area contributed by atoms with Gasteiger partial charge >= 0.3 is 12.2 Å². The van der Waals surface area contributed by atoms with Gasteiger partial charge in [0.1, 0.15) is 6.17 Å². The monoisotopic (exact) mass is 414 g/mol. The summed E-state index contributed by atoms with van der Waals surface area (Å²) < 4.78 is 10.5. The first kappa shape index (κ1) is 27.5. The van der Waals surface area contributed by atoms with Gasteiger partial charge in [0, 0.05) is 5.41 Å². The van der Waals surface area contributed by atoms with E-state index in [1.807, 2.05) is 20.8 Å². The van der Waals surface area contributed by atoms with Crippen LogP contribution in [0.4, 0.5) is 9.59 Å². The van der Waals surface area contributed by atoms with Gasteiger partial charge in [-0.25, -0.2) is 9.59 Å². The third kappa shape index (κ3) is 17.1.